The molecule has 0 atom stereocenters. The minimum Gasteiger partial charge on any atom is -0.490 e. The van der Waals surface area contributed by atoms with Crippen LogP contribution < -0.4 is 10.2 Å². The second-order valence-electron chi connectivity index (χ2n) is 4.43. The second kappa shape index (κ2) is 6.28. The highest BCUT2D eigenvalue weighted by atomic mass is 16.5. The van der Waals surface area contributed by atoms with Gasteiger partial charge < -0.3 is 10.2 Å². The van der Waals surface area contributed by atoms with Gasteiger partial charge in [0.25, 0.3) is 0 Å². The van der Waals surface area contributed by atoms with Crippen molar-refractivity contribution in [1.82, 2.24) is 5.43 Å². The second-order valence-corrected chi connectivity index (χ2v) is 4.43. The number of hydrazone groups is 1. The molecule has 1 fully saturated rings. The van der Waals surface area contributed by atoms with Crippen LogP contribution in [0.1, 0.15) is 37.7 Å². The first-order valence-corrected chi connectivity index (χ1v) is 6.35. The van der Waals surface area contributed by atoms with Gasteiger partial charge in [0.1, 0.15) is 5.75 Å². The fraction of sp³-hybridized carbons (Fsp3) is 0.500. The maximum Gasteiger partial charge on any atom is 0.119 e. The van der Waals surface area contributed by atoms with Crippen LogP contribution in [-0.2, 0) is 0 Å². The maximum absolute atomic E-state index is 5.95. The molecular formula is C14H20N2O. The Hall–Kier alpha value is -1.51. The summed E-state index contributed by atoms with van der Waals surface area (Å²) in [5, 5.41) is 3.97. The van der Waals surface area contributed by atoms with Crippen LogP contribution in [0.4, 0.5) is 0 Å². The van der Waals surface area contributed by atoms with E-state index in [9.17, 15) is 0 Å². The van der Waals surface area contributed by atoms with Gasteiger partial charge in [-0.3, -0.25) is 0 Å². The Bertz CT molecular complexity index is 353. The normalized spacial score (nSPS) is 17.2. The van der Waals surface area contributed by atoms with Crippen LogP contribution in [0.15, 0.2) is 29.4 Å². The number of nitrogens with one attached hydrogen (secondary N) is 1. The van der Waals surface area contributed by atoms with E-state index in [1.54, 1.807) is 13.3 Å². The van der Waals surface area contributed by atoms with Gasteiger partial charge in [0.15, 0.2) is 0 Å². The highest BCUT2D eigenvalue weighted by Crippen LogP contribution is 2.23. The maximum atomic E-state index is 5.95. The largest absolute Gasteiger partial charge is 0.490 e. The molecule has 92 valence electrons. The van der Waals surface area contributed by atoms with Gasteiger partial charge in [-0.15, -0.1) is 0 Å². The number of hydrogen-bond donors (Lipinski definition) is 1. The van der Waals surface area contributed by atoms with Crippen LogP contribution in [0.25, 0.3) is 0 Å². The molecule has 0 aliphatic heterocycles. The lowest BCUT2D eigenvalue weighted by molar-refractivity contribution is 0.155. The van der Waals surface area contributed by atoms with Gasteiger partial charge in [-0.2, -0.15) is 5.10 Å². The molecule has 1 saturated carbocycles. The predicted molar refractivity (Wildman–Crippen MR) is 70.6 cm³/mol. The molecule has 1 aromatic rings. The number of hydrogen-bond acceptors (Lipinski definition) is 3. The van der Waals surface area contributed by atoms with Gasteiger partial charge >= 0.3 is 0 Å². The average Bonchev–Trinajstić information content (AvgIpc) is 2.39. The van der Waals surface area contributed by atoms with E-state index in [0.29, 0.717) is 6.10 Å². The zero-order chi connectivity index (χ0) is 11.9. The lowest BCUT2D eigenvalue weighted by Crippen LogP contribution is -2.19. The molecule has 3 heteroatoms. The quantitative estimate of drug-likeness (QED) is 0.639. The van der Waals surface area contributed by atoms with E-state index in [1.165, 1.54) is 32.1 Å². The van der Waals surface area contributed by atoms with E-state index in [4.69, 9.17) is 4.74 Å². The summed E-state index contributed by atoms with van der Waals surface area (Å²) in [7, 11) is 1.79. The Morgan fingerprint density at radius 3 is 2.53 bits per heavy atom. The molecule has 0 radical (unpaired) electrons. The molecule has 0 bridgehead atoms. The third-order valence-electron chi connectivity index (χ3n) is 3.08. The van der Waals surface area contributed by atoms with Crippen LogP contribution in [0.3, 0.4) is 0 Å². The van der Waals surface area contributed by atoms with Gasteiger partial charge in [-0.1, -0.05) is 6.42 Å². The predicted octanol–water partition coefficient (Wildman–Crippen LogP) is 2.95. The molecule has 1 aliphatic carbocycles. The highest BCUT2D eigenvalue weighted by molar-refractivity contribution is 5.79. The molecule has 0 heterocycles. The van der Waals surface area contributed by atoms with Crippen molar-refractivity contribution in [2.45, 2.75) is 38.2 Å². The summed E-state index contributed by atoms with van der Waals surface area (Å²) >= 11 is 0. The van der Waals surface area contributed by atoms with E-state index >= 15 is 0 Å². The van der Waals surface area contributed by atoms with Crippen LogP contribution in [0.5, 0.6) is 5.75 Å². The van der Waals surface area contributed by atoms with Crippen molar-refractivity contribution in [2.75, 3.05) is 7.05 Å². The van der Waals surface area contributed by atoms with Crippen molar-refractivity contribution in [2.24, 2.45) is 5.10 Å². The third-order valence-corrected chi connectivity index (χ3v) is 3.08. The van der Waals surface area contributed by atoms with Gasteiger partial charge in [-0.05, 0) is 55.5 Å². The minimum atomic E-state index is 0.417. The SMILES string of the molecule is CNN=Cc1ccc(OC2CCCCC2)cc1. The molecular weight excluding hydrogens is 212 g/mol. The Morgan fingerprint density at radius 1 is 1.18 bits per heavy atom. The monoisotopic (exact) mass is 232 g/mol. The Balaban J connectivity index is 1.90. The molecule has 2 rings (SSSR count). The topological polar surface area (TPSA) is 33.6 Å². The lowest BCUT2D eigenvalue weighted by Gasteiger charge is -2.22. The smallest absolute Gasteiger partial charge is 0.119 e. The fourth-order valence-electron chi connectivity index (χ4n) is 2.15. The number of benzene rings is 1. The molecule has 3 nitrogen and oxygen atoms in total. The van der Waals surface area contributed by atoms with Gasteiger partial charge in [0.05, 0.1) is 12.3 Å². The summed E-state index contributed by atoms with van der Waals surface area (Å²) in [4.78, 5) is 0. The van der Waals surface area contributed by atoms with Crippen molar-refractivity contribution >= 4 is 6.21 Å². The molecule has 0 spiro atoms. The summed E-state index contributed by atoms with van der Waals surface area (Å²) in [5.41, 5.74) is 3.81. The molecule has 17 heavy (non-hydrogen) atoms. The Kier molecular flexibility index (Phi) is 4.42. The molecule has 0 aromatic heterocycles. The van der Waals surface area contributed by atoms with Crippen molar-refractivity contribution < 1.29 is 4.74 Å². The van der Waals surface area contributed by atoms with Crippen LogP contribution >= 0.6 is 0 Å². The van der Waals surface area contributed by atoms with Crippen LogP contribution in [0, 0.1) is 0 Å². The summed E-state index contributed by atoms with van der Waals surface area (Å²) in [6, 6.07) is 8.09. The van der Waals surface area contributed by atoms with Crippen LogP contribution in [0.2, 0.25) is 0 Å². The van der Waals surface area contributed by atoms with E-state index in [1.807, 2.05) is 24.3 Å². The van der Waals surface area contributed by atoms with Crippen molar-refractivity contribution in [3.05, 3.63) is 29.8 Å². The molecule has 0 saturated heterocycles. The molecule has 1 aliphatic rings. The minimum absolute atomic E-state index is 0.417. The summed E-state index contributed by atoms with van der Waals surface area (Å²) in [6.07, 6.45) is 8.57. The highest BCUT2D eigenvalue weighted by Gasteiger charge is 2.14. The third kappa shape index (κ3) is 3.77. The van der Waals surface area contributed by atoms with Gasteiger partial charge in [0.2, 0.25) is 0 Å². The van der Waals surface area contributed by atoms with Crippen molar-refractivity contribution in [3.8, 4) is 5.75 Å². The number of rotatable bonds is 4. The Morgan fingerprint density at radius 2 is 1.88 bits per heavy atom. The molecule has 1 N–H and O–H groups in total. The number of nitrogens with zero attached hydrogens (tertiary/aromatic N) is 1. The molecule has 0 amide bonds. The van der Waals surface area contributed by atoms with E-state index < -0.39 is 0 Å². The summed E-state index contributed by atoms with van der Waals surface area (Å²) < 4.78 is 5.95. The number of ether oxygens (including phenoxy) is 1. The fourth-order valence-corrected chi connectivity index (χ4v) is 2.15. The first kappa shape index (κ1) is 12.0. The summed E-state index contributed by atoms with van der Waals surface area (Å²) in [5.74, 6) is 0.971. The van der Waals surface area contributed by atoms with Crippen molar-refractivity contribution in [1.29, 1.82) is 0 Å². The lowest BCUT2D eigenvalue weighted by atomic mass is 9.98. The van der Waals surface area contributed by atoms with E-state index in [-0.39, 0.29) is 0 Å². The first-order valence-electron chi connectivity index (χ1n) is 6.35. The van der Waals surface area contributed by atoms with Gasteiger partial charge in [0, 0.05) is 7.05 Å². The molecule has 1 aromatic carbocycles. The average molecular weight is 232 g/mol. The summed E-state index contributed by atoms with van der Waals surface area (Å²) in [6.45, 7) is 0. The first-order chi connectivity index (χ1) is 8.38. The van der Waals surface area contributed by atoms with Gasteiger partial charge in [-0.25, -0.2) is 0 Å². The Labute approximate surface area is 103 Å². The van der Waals surface area contributed by atoms with E-state index in [0.717, 1.165) is 11.3 Å². The zero-order valence-corrected chi connectivity index (χ0v) is 10.4. The van der Waals surface area contributed by atoms with E-state index in [2.05, 4.69) is 10.5 Å². The standard InChI is InChI=1S/C14H20N2O/c1-15-16-11-12-7-9-14(10-8-12)17-13-5-3-2-4-6-13/h7-11,13,15H,2-6H2,1H3. The molecule has 0 unspecified atom stereocenters. The zero-order valence-electron chi connectivity index (χ0n) is 10.4. The van der Waals surface area contributed by atoms with Crippen LogP contribution in [-0.4, -0.2) is 19.4 Å². The van der Waals surface area contributed by atoms with Crippen molar-refractivity contribution in [3.63, 3.8) is 0 Å².